The molecule has 8 heteroatoms. The van der Waals surface area contributed by atoms with Crippen molar-refractivity contribution in [1.82, 2.24) is 20.9 Å². The first-order chi connectivity index (χ1) is 15.2. The number of hydrogen-bond donors (Lipinski definition) is 3. The van der Waals surface area contributed by atoms with E-state index in [0.717, 1.165) is 51.6 Å². The first-order valence-corrected chi connectivity index (χ1v) is 12.6. The molecule has 0 unspecified atom stereocenters. The lowest BCUT2D eigenvalue weighted by molar-refractivity contribution is 0.0492. The van der Waals surface area contributed by atoms with E-state index < -0.39 is 11.2 Å². The van der Waals surface area contributed by atoms with Gasteiger partial charge in [-0.2, -0.15) is 0 Å². The summed E-state index contributed by atoms with van der Waals surface area (Å²) in [5.41, 5.74) is -0.827. The van der Waals surface area contributed by atoms with Crippen LogP contribution in [0.15, 0.2) is 0 Å². The Morgan fingerprint density at radius 1 is 0.788 bits per heavy atom. The van der Waals surface area contributed by atoms with Crippen molar-refractivity contribution in [3.8, 4) is 0 Å². The highest BCUT2D eigenvalue weighted by Gasteiger charge is 2.29. The number of ether oxygens (including phenoxy) is 2. The topological polar surface area (TPSA) is 91.9 Å². The van der Waals surface area contributed by atoms with Crippen molar-refractivity contribution < 1.29 is 19.1 Å². The Balaban J connectivity index is 0.000000331. The van der Waals surface area contributed by atoms with E-state index in [1.54, 1.807) is 0 Å². The minimum Gasteiger partial charge on any atom is -0.444 e. The van der Waals surface area contributed by atoms with Gasteiger partial charge in [0.25, 0.3) is 0 Å². The standard InChI is InChI=1S/C13H26N2O2.C12H24N2O2/c1-6-15(5)11-8-7-10(9-11)14-12(16)17-13(2,3)4;1-5-13-9-6-7-10(8-9)14-11(15)16-12(2,3)4/h10-11H,6-9H2,1-5H3,(H,14,16);9-10,13H,5-8H2,1-4H3,(H,14,15)/t10-,11+;9-,10+/m01/s1. The highest BCUT2D eigenvalue weighted by Crippen LogP contribution is 2.23. The fourth-order valence-corrected chi connectivity index (χ4v) is 4.28. The van der Waals surface area contributed by atoms with Gasteiger partial charge in [0.15, 0.2) is 0 Å². The Hall–Kier alpha value is -1.54. The summed E-state index contributed by atoms with van der Waals surface area (Å²) in [6.45, 7) is 17.6. The molecular weight excluding hydrogens is 420 g/mol. The largest absolute Gasteiger partial charge is 0.444 e. The van der Waals surface area contributed by atoms with E-state index >= 15 is 0 Å². The molecule has 0 heterocycles. The predicted octanol–water partition coefficient (Wildman–Crippen LogP) is 4.43. The van der Waals surface area contributed by atoms with Crippen LogP contribution in [0.4, 0.5) is 9.59 Å². The van der Waals surface area contributed by atoms with E-state index in [9.17, 15) is 9.59 Å². The van der Waals surface area contributed by atoms with Crippen molar-refractivity contribution >= 4 is 12.2 Å². The van der Waals surface area contributed by atoms with Gasteiger partial charge in [0.1, 0.15) is 11.2 Å². The first kappa shape index (κ1) is 29.5. The van der Waals surface area contributed by atoms with E-state index in [1.165, 1.54) is 0 Å². The molecule has 0 aromatic rings. The lowest BCUT2D eigenvalue weighted by atomic mass is 10.2. The first-order valence-electron chi connectivity index (χ1n) is 12.6. The van der Waals surface area contributed by atoms with Crippen LogP contribution in [0.1, 0.15) is 93.9 Å². The van der Waals surface area contributed by atoms with Crippen LogP contribution in [0, 0.1) is 0 Å². The van der Waals surface area contributed by atoms with Crippen LogP contribution in [0.2, 0.25) is 0 Å². The number of amides is 2. The zero-order valence-electron chi connectivity index (χ0n) is 22.5. The molecule has 0 aromatic heterocycles. The molecule has 0 aliphatic heterocycles. The van der Waals surface area contributed by atoms with Crippen molar-refractivity contribution in [2.24, 2.45) is 0 Å². The van der Waals surface area contributed by atoms with Gasteiger partial charge in [-0.1, -0.05) is 13.8 Å². The Labute approximate surface area is 201 Å². The minimum absolute atomic E-state index is 0.263. The molecule has 0 spiro atoms. The molecule has 0 radical (unpaired) electrons. The number of nitrogens with zero attached hydrogens (tertiary/aromatic N) is 1. The molecular formula is C25H50N4O4. The van der Waals surface area contributed by atoms with Crippen molar-refractivity contribution in [3.05, 3.63) is 0 Å². The van der Waals surface area contributed by atoms with E-state index in [0.29, 0.717) is 12.1 Å². The molecule has 2 fully saturated rings. The fraction of sp³-hybridized carbons (Fsp3) is 0.920. The van der Waals surface area contributed by atoms with Gasteiger partial charge in [-0.15, -0.1) is 0 Å². The molecule has 3 N–H and O–H groups in total. The van der Waals surface area contributed by atoms with E-state index in [2.05, 4.69) is 41.7 Å². The summed E-state index contributed by atoms with van der Waals surface area (Å²) in [4.78, 5) is 25.5. The van der Waals surface area contributed by atoms with E-state index in [1.807, 2.05) is 41.5 Å². The Bertz CT molecular complexity index is 600. The number of nitrogens with one attached hydrogen (secondary N) is 3. The van der Waals surface area contributed by atoms with Crippen LogP contribution in [0.5, 0.6) is 0 Å². The smallest absolute Gasteiger partial charge is 0.407 e. The molecule has 33 heavy (non-hydrogen) atoms. The second-order valence-corrected chi connectivity index (χ2v) is 11.3. The van der Waals surface area contributed by atoms with Gasteiger partial charge < -0.3 is 30.3 Å². The average molecular weight is 471 g/mol. The summed E-state index contributed by atoms with van der Waals surface area (Å²) in [5.74, 6) is 0. The zero-order valence-corrected chi connectivity index (χ0v) is 22.5. The van der Waals surface area contributed by atoms with Gasteiger partial charge in [0.05, 0.1) is 0 Å². The lowest BCUT2D eigenvalue weighted by Crippen LogP contribution is -2.39. The molecule has 2 amide bonds. The molecule has 2 saturated carbocycles. The monoisotopic (exact) mass is 470 g/mol. The Morgan fingerprint density at radius 2 is 1.24 bits per heavy atom. The van der Waals surface area contributed by atoms with Crippen LogP contribution in [0.3, 0.4) is 0 Å². The number of carbonyl (C=O) groups is 2. The number of hydrogen-bond acceptors (Lipinski definition) is 6. The van der Waals surface area contributed by atoms with Crippen molar-refractivity contribution in [2.75, 3.05) is 20.1 Å². The highest BCUT2D eigenvalue weighted by atomic mass is 16.6. The molecule has 194 valence electrons. The van der Waals surface area contributed by atoms with Crippen LogP contribution < -0.4 is 16.0 Å². The number of alkyl carbamates (subject to hydrolysis) is 2. The Morgan fingerprint density at radius 3 is 1.70 bits per heavy atom. The average Bonchev–Trinajstić information content (AvgIpc) is 3.28. The molecule has 0 saturated heterocycles. The van der Waals surface area contributed by atoms with E-state index in [4.69, 9.17) is 9.47 Å². The SMILES string of the molecule is CCN(C)[C@@H]1CC[C@H](NC(=O)OC(C)(C)C)C1.CCN[C@@H]1CC[C@H](NC(=O)OC(C)(C)C)C1. The van der Waals surface area contributed by atoms with Gasteiger partial charge in [-0.05, 0) is 100 Å². The molecule has 0 bridgehead atoms. The van der Waals surface area contributed by atoms with Gasteiger partial charge in [-0.3, -0.25) is 0 Å². The molecule has 0 aromatic carbocycles. The Kier molecular flexibility index (Phi) is 12.0. The van der Waals surface area contributed by atoms with Crippen molar-refractivity contribution in [3.63, 3.8) is 0 Å². The maximum Gasteiger partial charge on any atom is 0.407 e. The van der Waals surface area contributed by atoms with Crippen LogP contribution >= 0.6 is 0 Å². The molecule has 8 nitrogen and oxygen atoms in total. The summed E-state index contributed by atoms with van der Waals surface area (Å²) in [7, 11) is 2.14. The molecule has 2 aliphatic carbocycles. The van der Waals surface area contributed by atoms with Crippen LogP contribution in [0.25, 0.3) is 0 Å². The van der Waals surface area contributed by atoms with Crippen LogP contribution in [-0.2, 0) is 9.47 Å². The van der Waals surface area contributed by atoms with Crippen molar-refractivity contribution in [2.45, 2.75) is 129 Å². The zero-order chi connectivity index (χ0) is 25.2. The van der Waals surface area contributed by atoms with Gasteiger partial charge in [0, 0.05) is 24.2 Å². The van der Waals surface area contributed by atoms with E-state index in [-0.39, 0.29) is 24.3 Å². The van der Waals surface area contributed by atoms with Crippen LogP contribution in [-0.4, -0.2) is 72.6 Å². The summed E-state index contributed by atoms with van der Waals surface area (Å²) < 4.78 is 10.5. The summed E-state index contributed by atoms with van der Waals surface area (Å²) in [6.07, 6.45) is 5.83. The second-order valence-electron chi connectivity index (χ2n) is 11.3. The third-order valence-corrected chi connectivity index (χ3v) is 5.89. The number of rotatable bonds is 6. The third-order valence-electron chi connectivity index (χ3n) is 5.89. The fourth-order valence-electron chi connectivity index (χ4n) is 4.28. The number of carbonyl (C=O) groups excluding carboxylic acids is 2. The van der Waals surface area contributed by atoms with Gasteiger partial charge >= 0.3 is 12.2 Å². The van der Waals surface area contributed by atoms with Gasteiger partial charge in [0.2, 0.25) is 0 Å². The molecule has 2 rings (SSSR count). The maximum atomic E-state index is 11.6. The quantitative estimate of drug-likeness (QED) is 0.532. The molecule has 4 atom stereocenters. The summed E-state index contributed by atoms with van der Waals surface area (Å²) >= 11 is 0. The van der Waals surface area contributed by atoms with Gasteiger partial charge in [-0.25, -0.2) is 9.59 Å². The second kappa shape index (κ2) is 13.4. The summed E-state index contributed by atoms with van der Waals surface area (Å²) in [6, 6.07) is 1.67. The molecule has 2 aliphatic rings. The summed E-state index contributed by atoms with van der Waals surface area (Å²) in [5, 5.41) is 9.28. The normalized spacial score (nSPS) is 25.3. The minimum atomic E-state index is -0.414. The third kappa shape index (κ3) is 13.1. The predicted molar refractivity (Wildman–Crippen MR) is 134 cm³/mol. The highest BCUT2D eigenvalue weighted by molar-refractivity contribution is 5.68. The maximum absolute atomic E-state index is 11.6. The van der Waals surface area contributed by atoms with Crippen molar-refractivity contribution in [1.29, 1.82) is 0 Å². The lowest BCUT2D eigenvalue weighted by Gasteiger charge is -2.24.